The van der Waals surface area contributed by atoms with Gasteiger partial charge in [0.1, 0.15) is 0 Å². The second-order valence-corrected chi connectivity index (χ2v) is 4.65. The molecule has 0 N–H and O–H groups in total. The van der Waals surface area contributed by atoms with Crippen LogP contribution in [0.15, 0.2) is 34.8 Å². The van der Waals surface area contributed by atoms with Gasteiger partial charge in [-0.2, -0.15) is 0 Å². The molecule has 1 rings (SSSR count). The van der Waals surface area contributed by atoms with Crippen molar-refractivity contribution in [3.05, 3.63) is 45.4 Å². The molecule has 1 nitrogen and oxygen atoms in total. The molecule has 0 saturated heterocycles. The first-order chi connectivity index (χ1) is 7.04. The zero-order chi connectivity index (χ0) is 11.4. The number of hydrogen-bond donors (Lipinski definition) is 0. The van der Waals surface area contributed by atoms with E-state index in [1.165, 1.54) is 0 Å². The summed E-state index contributed by atoms with van der Waals surface area (Å²) >= 11 is 9.27. The molecule has 3 heteroatoms. The Morgan fingerprint density at radius 1 is 1.53 bits per heavy atom. The topological polar surface area (TPSA) is 17.1 Å². The van der Waals surface area contributed by atoms with Crippen LogP contribution in [-0.4, -0.2) is 5.78 Å². The van der Waals surface area contributed by atoms with Crippen molar-refractivity contribution in [3.8, 4) is 0 Å². The molecule has 0 heterocycles. The summed E-state index contributed by atoms with van der Waals surface area (Å²) in [6, 6.07) is 5.27. The van der Waals surface area contributed by atoms with Crippen molar-refractivity contribution in [3.63, 3.8) is 0 Å². The average molecular weight is 288 g/mol. The van der Waals surface area contributed by atoms with Gasteiger partial charge >= 0.3 is 0 Å². The average Bonchev–Trinajstić information content (AvgIpc) is 2.17. The van der Waals surface area contributed by atoms with Gasteiger partial charge in [-0.15, -0.1) is 0 Å². The first-order valence-corrected chi connectivity index (χ1v) is 5.86. The fourth-order valence-corrected chi connectivity index (χ4v) is 1.94. The number of allylic oxidation sites excluding steroid dienone is 1. The summed E-state index contributed by atoms with van der Waals surface area (Å²) in [7, 11) is 0. The van der Waals surface area contributed by atoms with Crippen molar-refractivity contribution in [1.82, 2.24) is 0 Å². The highest BCUT2D eigenvalue weighted by Crippen LogP contribution is 2.23. The van der Waals surface area contributed by atoms with Crippen molar-refractivity contribution in [1.29, 1.82) is 0 Å². The second-order valence-electron chi connectivity index (χ2n) is 3.33. The summed E-state index contributed by atoms with van der Waals surface area (Å²) in [6.45, 7) is 5.80. The number of benzene rings is 1. The Labute approximate surface area is 103 Å². The van der Waals surface area contributed by atoms with E-state index in [-0.39, 0.29) is 5.78 Å². The van der Waals surface area contributed by atoms with Gasteiger partial charge in [-0.05, 0) is 24.6 Å². The molecule has 80 valence electrons. The number of ketones is 1. The Balaban J connectivity index is 2.87. The largest absolute Gasteiger partial charge is 0.294 e. The van der Waals surface area contributed by atoms with E-state index in [1.807, 2.05) is 13.0 Å². The van der Waals surface area contributed by atoms with Crippen LogP contribution in [0.3, 0.4) is 0 Å². The molecule has 1 aromatic carbocycles. The third-order valence-electron chi connectivity index (χ3n) is 2.14. The van der Waals surface area contributed by atoms with Crippen molar-refractivity contribution in [2.24, 2.45) is 0 Å². The molecule has 15 heavy (non-hydrogen) atoms. The molecule has 0 unspecified atom stereocenters. The van der Waals surface area contributed by atoms with Crippen LogP contribution in [0.2, 0.25) is 5.02 Å². The van der Waals surface area contributed by atoms with Gasteiger partial charge in [-0.1, -0.05) is 46.6 Å². The number of halogens is 2. The lowest BCUT2D eigenvalue weighted by atomic mass is 10.0. The predicted molar refractivity (Wildman–Crippen MR) is 67.5 cm³/mol. The molecule has 0 bridgehead atoms. The molecule has 0 fully saturated rings. The zero-order valence-electron chi connectivity index (χ0n) is 8.52. The molecule has 0 amide bonds. The minimum atomic E-state index is 0.0272. The van der Waals surface area contributed by atoms with Crippen LogP contribution in [0.1, 0.15) is 30.1 Å². The van der Waals surface area contributed by atoms with Gasteiger partial charge in [0, 0.05) is 16.5 Å². The standard InChI is InChI=1S/C12H12BrClO/c1-3-8(2)6-12(15)10-5-4-9(13)7-11(10)14/h4-5,7H,2-3,6H2,1H3. The lowest BCUT2D eigenvalue weighted by Gasteiger charge is -2.04. The maximum Gasteiger partial charge on any atom is 0.168 e. The Hall–Kier alpha value is -0.600. The normalized spacial score (nSPS) is 10.1. The van der Waals surface area contributed by atoms with Crippen LogP contribution in [0.4, 0.5) is 0 Å². The highest BCUT2D eigenvalue weighted by molar-refractivity contribution is 9.10. The van der Waals surface area contributed by atoms with Crippen LogP contribution in [0.25, 0.3) is 0 Å². The fraction of sp³-hybridized carbons (Fsp3) is 0.250. The molecule has 0 atom stereocenters. The molecular formula is C12H12BrClO. The van der Waals surface area contributed by atoms with Crippen molar-refractivity contribution >= 4 is 33.3 Å². The molecular weight excluding hydrogens is 275 g/mol. The lowest BCUT2D eigenvalue weighted by Crippen LogP contribution is -2.01. The van der Waals surface area contributed by atoms with Gasteiger partial charge in [-0.3, -0.25) is 4.79 Å². The summed E-state index contributed by atoms with van der Waals surface area (Å²) in [4.78, 5) is 11.8. The van der Waals surface area contributed by atoms with E-state index in [4.69, 9.17) is 11.6 Å². The molecule has 0 radical (unpaired) electrons. The second kappa shape index (κ2) is 5.47. The molecule has 0 spiro atoms. The number of Topliss-reactive ketones (excluding diaryl/α,β-unsaturated/α-hetero) is 1. The molecule has 0 aliphatic heterocycles. The minimum absolute atomic E-state index is 0.0272. The van der Waals surface area contributed by atoms with E-state index in [0.29, 0.717) is 17.0 Å². The van der Waals surface area contributed by atoms with Crippen LogP contribution in [0, 0.1) is 0 Å². The monoisotopic (exact) mass is 286 g/mol. The molecule has 0 aliphatic carbocycles. The third kappa shape index (κ3) is 3.47. The van der Waals surface area contributed by atoms with Crippen LogP contribution in [-0.2, 0) is 0 Å². The Kier molecular flexibility index (Phi) is 4.55. The summed E-state index contributed by atoms with van der Waals surface area (Å²) in [6.07, 6.45) is 1.19. The van der Waals surface area contributed by atoms with Crippen molar-refractivity contribution in [2.75, 3.05) is 0 Å². The minimum Gasteiger partial charge on any atom is -0.294 e. The fourth-order valence-electron chi connectivity index (χ4n) is 1.16. The maximum absolute atomic E-state index is 11.8. The predicted octanol–water partition coefficient (Wildman–Crippen LogP) is 4.64. The molecule has 0 aromatic heterocycles. The van der Waals surface area contributed by atoms with Crippen molar-refractivity contribution < 1.29 is 4.79 Å². The van der Waals surface area contributed by atoms with Crippen molar-refractivity contribution in [2.45, 2.75) is 19.8 Å². The Morgan fingerprint density at radius 2 is 2.20 bits per heavy atom. The molecule has 1 aromatic rings. The highest BCUT2D eigenvalue weighted by atomic mass is 79.9. The SMILES string of the molecule is C=C(CC)CC(=O)c1ccc(Br)cc1Cl. The van der Waals surface area contributed by atoms with Crippen LogP contribution >= 0.6 is 27.5 Å². The molecule has 0 aliphatic rings. The van der Waals surface area contributed by atoms with E-state index < -0.39 is 0 Å². The summed E-state index contributed by atoms with van der Waals surface area (Å²) in [5.41, 5.74) is 1.49. The summed E-state index contributed by atoms with van der Waals surface area (Å²) in [5.74, 6) is 0.0272. The highest BCUT2D eigenvalue weighted by Gasteiger charge is 2.11. The van der Waals surface area contributed by atoms with Gasteiger partial charge in [-0.25, -0.2) is 0 Å². The maximum atomic E-state index is 11.8. The molecule has 0 saturated carbocycles. The van der Waals surface area contributed by atoms with E-state index in [1.54, 1.807) is 12.1 Å². The third-order valence-corrected chi connectivity index (χ3v) is 2.95. The van der Waals surface area contributed by atoms with Gasteiger partial charge < -0.3 is 0 Å². The van der Waals surface area contributed by atoms with E-state index >= 15 is 0 Å². The smallest absolute Gasteiger partial charge is 0.168 e. The van der Waals surface area contributed by atoms with Crippen LogP contribution in [0.5, 0.6) is 0 Å². The summed E-state index contributed by atoms with van der Waals surface area (Å²) in [5, 5.41) is 0.485. The van der Waals surface area contributed by atoms with E-state index in [0.717, 1.165) is 16.5 Å². The zero-order valence-corrected chi connectivity index (χ0v) is 10.9. The van der Waals surface area contributed by atoms with E-state index in [2.05, 4.69) is 22.5 Å². The Morgan fingerprint density at radius 3 is 2.73 bits per heavy atom. The number of hydrogen-bond acceptors (Lipinski definition) is 1. The first-order valence-electron chi connectivity index (χ1n) is 4.69. The van der Waals surface area contributed by atoms with Gasteiger partial charge in [0.25, 0.3) is 0 Å². The van der Waals surface area contributed by atoms with Gasteiger partial charge in [0.2, 0.25) is 0 Å². The van der Waals surface area contributed by atoms with Gasteiger partial charge in [0.15, 0.2) is 5.78 Å². The lowest BCUT2D eigenvalue weighted by molar-refractivity contribution is 0.0992. The summed E-state index contributed by atoms with van der Waals surface area (Å²) < 4.78 is 0.873. The van der Waals surface area contributed by atoms with Gasteiger partial charge in [0.05, 0.1) is 5.02 Å². The van der Waals surface area contributed by atoms with Crippen LogP contribution < -0.4 is 0 Å². The number of rotatable bonds is 4. The number of carbonyl (C=O) groups excluding carboxylic acids is 1. The Bertz CT molecular complexity index is 399. The van der Waals surface area contributed by atoms with E-state index in [9.17, 15) is 4.79 Å². The first kappa shape index (κ1) is 12.5. The quantitative estimate of drug-likeness (QED) is 0.582. The number of carbonyl (C=O) groups is 1.